The molecule has 2 aromatic carbocycles. The van der Waals surface area contributed by atoms with E-state index < -0.39 is 18.4 Å². The Bertz CT molecular complexity index is 835. The van der Waals surface area contributed by atoms with Gasteiger partial charge < -0.3 is 4.43 Å². The van der Waals surface area contributed by atoms with E-state index in [0.717, 1.165) is 6.26 Å². The molecule has 0 aromatic heterocycles. The lowest BCUT2D eigenvalue weighted by atomic mass is 10.1. The van der Waals surface area contributed by atoms with Crippen molar-refractivity contribution in [2.75, 3.05) is 19.5 Å². The molecule has 0 aliphatic rings. The summed E-state index contributed by atoms with van der Waals surface area (Å²) in [6.07, 6.45) is 3.42. The fraction of sp³-hybridized carbons (Fsp3) is 0.391. The first-order valence-electron chi connectivity index (χ1n) is 9.82. The molecule has 2 aromatic rings. The highest BCUT2D eigenvalue weighted by Gasteiger charge is 2.50. The van der Waals surface area contributed by atoms with Crippen molar-refractivity contribution in [3.8, 4) is 0 Å². The highest BCUT2D eigenvalue weighted by Crippen LogP contribution is 2.37. The molecular formula is C23H32O4SSi. The van der Waals surface area contributed by atoms with Crippen molar-refractivity contribution in [3.63, 3.8) is 0 Å². The van der Waals surface area contributed by atoms with Crippen LogP contribution >= 0.6 is 0 Å². The fourth-order valence-electron chi connectivity index (χ4n) is 3.61. The second kappa shape index (κ2) is 9.85. The molecule has 1 unspecified atom stereocenters. The molecule has 158 valence electrons. The van der Waals surface area contributed by atoms with Crippen molar-refractivity contribution in [2.24, 2.45) is 5.92 Å². The van der Waals surface area contributed by atoms with E-state index in [4.69, 9.17) is 8.61 Å². The zero-order valence-corrected chi connectivity index (χ0v) is 19.6. The van der Waals surface area contributed by atoms with Gasteiger partial charge in [-0.3, -0.25) is 4.18 Å². The molecule has 6 heteroatoms. The topological polar surface area (TPSA) is 52.6 Å². The van der Waals surface area contributed by atoms with E-state index in [1.54, 1.807) is 0 Å². The Morgan fingerprint density at radius 3 is 1.86 bits per heavy atom. The van der Waals surface area contributed by atoms with Crippen LogP contribution in [-0.2, 0) is 18.7 Å². The minimum absolute atomic E-state index is 0.00148. The minimum Gasteiger partial charge on any atom is -0.407 e. The summed E-state index contributed by atoms with van der Waals surface area (Å²) in [7, 11) is -6.06. The van der Waals surface area contributed by atoms with Gasteiger partial charge in [0, 0.05) is 12.5 Å². The SMILES string of the molecule is C=CC(CCOS(C)(=O)=O)CO[Si](c1ccccc1)(c1ccccc1)C(C)(C)C. The molecule has 29 heavy (non-hydrogen) atoms. The summed E-state index contributed by atoms with van der Waals surface area (Å²) < 4.78 is 34.3. The molecule has 0 heterocycles. The summed E-state index contributed by atoms with van der Waals surface area (Å²) in [6.45, 7) is 11.2. The Kier molecular flexibility index (Phi) is 7.99. The zero-order chi connectivity index (χ0) is 21.5. The van der Waals surface area contributed by atoms with Gasteiger partial charge in [-0.15, -0.1) is 6.58 Å². The molecule has 0 saturated heterocycles. The van der Waals surface area contributed by atoms with Crippen LogP contribution in [0.2, 0.25) is 5.04 Å². The van der Waals surface area contributed by atoms with Crippen LogP contribution < -0.4 is 10.4 Å². The van der Waals surface area contributed by atoms with Gasteiger partial charge >= 0.3 is 0 Å². The summed E-state index contributed by atoms with van der Waals surface area (Å²) in [5.74, 6) is -0.00148. The molecule has 0 aliphatic carbocycles. The molecule has 0 aliphatic heterocycles. The Hall–Kier alpha value is -1.73. The van der Waals surface area contributed by atoms with Gasteiger partial charge in [-0.2, -0.15) is 8.42 Å². The first kappa shape index (κ1) is 23.5. The Morgan fingerprint density at radius 2 is 1.48 bits per heavy atom. The van der Waals surface area contributed by atoms with E-state index in [9.17, 15) is 8.42 Å². The Labute approximate surface area is 176 Å². The van der Waals surface area contributed by atoms with Crippen LogP contribution in [0.3, 0.4) is 0 Å². The van der Waals surface area contributed by atoms with Crippen LogP contribution in [0.25, 0.3) is 0 Å². The van der Waals surface area contributed by atoms with Crippen LogP contribution in [0.15, 0.2) is 73.3 Å². The molecule has 4 nitrogen and oxygen atoms in total. The normalized spacial score (nSPS) is 13.8. The van der Waals surface area contributed by atoms with Crippen LogP contribution in [0, 0.1) is 5.92 Å². The molecule has 0 radical (unpaired) electrons. The molecule has 0 bridgehead atoms. The third kappa shape index (κ3) is 6.12. The van der Waals surface area contributed by atoms with Crippen molar-refractivity contribution >= 4 is 28.8 Å². The van der Waals surface area contributed by atoms with E-state index in [0.29, 0.717) is 13.0 Å². The van der Waals surface area contributed by atoms with Crippen LogP contribution in [0.1, 0.15) is 27.2 Å². The summed E-state index contributed by atoms with van der Waals surface area (Å²) >= 11 is 0. The monoisotopic (exact) mass is 432 g/mol. The molecular weight excluding hydrogens is 400 g/mol. The number of hydrogen-bond donors (Lipinski definition) is 0. The van der Waals surface area contributed by atoms with E-state index in [2.05, 4.69) is 75.9 Å². The summed E-state index contributed by atoms with van der Waals surface area (Å²) in [5, 5.41) is 2.33. The zero-order valence-electron chi connectivity index (χ0n) is 17.8. The quantitative estimate of drug-likeness (QED) is 0.326. The van der Waals surface area contributed by atoms with Gasteiger partial charge in [0.1, 0.15) is 0 Å². The third-order valence-corrected chi connectivity index (χ3v) is 10.6. The first-order valence-corrected chi connectivity index (χ1v) is 13.5. The maximum Gasteiger partial charge on any atom is 0.264 e. The van der Waals surface area contributed by atoms with Crippen molar-refractivity contribution in [3.05, 3.63) is 73.3 Å². The van der Waals surface area contributed by atoms with E-state index >= 15 is 0 Å². The lowest BCUT2D eigenvalue weighted by Gasteiger charge is -2.43. The molecule has 0 saturated carbocycles. The maximum absolute atomic E-state index is 11.2. The highest BCUT2D eigenvalue weighted by molar-refractivity contribution is 7.85. The van der Waals surface area contributed by atoms with Crippen molar-refractivity contribution < 1.29 is 17.0 Å². The maximum atomic E-state index is 11.2. The second-order valence-corrected chi connectivity index (χ2v) is 14.2. The first-order chi connectivity index (χ1) is 13.6. The van der Waals surface area contributed by atoms with Gasteiger partial charge in [0.25, 0.3) is 18.4 Å². The van der Waals surface area contributed by atoms with Gasteiger partial charge in [0.15, 0.2) is 0 Å². The lowest BCUT2D eigenvalue weighted by molar-refractivity contribution is 0.226. The minimum atomic E-state index is -3.45. The second-order valence-electron chi connectivity index (χ2n) is 8.28. The van der Waals surface area contributed by atoms with Gasteiger partial charge in [-0.25, -0.2) is 0 Å². The van der Waals surface area contributed by atoms with E-state index in [1.807, 2.05) is 18.2 Å². The average Bonchev–Trinajstić information content (AvgIpc) is 2.66. The van der Waals surface area contributed by atoms with Crippen LogP contribution in [0.4, 0.5) is 0 Å². The lowest BCUT2D eigenvalue weighted by Crippen LogP contribution is -2.66. The average molecular weight is 433 g/mol. The fourth-order valence-corrected chi connectivity index (χ4v) is 8.63. The molecule has 0 spiro atoms. The van der Waals surface area contributed by atoms with E-state index in [-0.39, 0.29) is 17.6 Å². The number of benzene rings is 2. The predicted molar refractivity (Wildman–Crippen MR) is 123 cm³/mol. The smallest absolute Gasteiger partial charge is 0.264 e. The number of rotatable bonds is 10. The van der Waals surface area contributed by atoms with E-state index in [1.165, 1.54) is 10.4 Å². The van der Waals surface area contributed by atoms with Gasteiger partial charge in [0.2, 0.25) is 0 Å². The summed E-state index contributed by atoms with van der Waals surface area (Å²) in [5.41, 5.74) is 0. The third-order valence-electron chi connectivity index (χ3n) is 5.05. The van der Waals surface area contributed by atoms with Crippen molar-refractivity contribution in [2.45, 2.75) is 32.2 Å². The number of hydrogen-bond acceptors (Lipinski definition) is 4. The van der Waals surface area contributed by atoms with Gasteiger partial charge in [-0.05, 0) is 21.8 Å². The predicted octanol–water partition coefficient (Wildman–Crippen LogP) is 3.73. The summed E-state index contributed by atoms with van der Waals surface area (Å²) in [6, 6.07) is 20.9. The highest BCUT2D eigenvalue weighted by atomic mass is 32.2. The van der Waals surface area contributed by atoms with Crippen molar-refractivity contribution in [1.82, 2.24) is 0 Å². The van der Waals surface area contributed by atoms with Crippen molar-refractivity contribution in [1.29, 1.82) is 0 Å². The largest absolute Gasteiger partial charge is 0.407 e. The molecule has 1 atom stereocenters. The van der Waals surface area contributed by atoms with Gasteiger partial charge in [0.05, 0.1) is 12.9 Å². The Morgan fingerprint density at radius 1 is 1.00 bits per heavy atom. The molecule has 2 rings (SSSR count). The van der Waals surface area contributed by atoms with Gasteiger partial charge in [-0.1, -0.05) is 87.5 Å². The van der Waals surface area contributed by atoms with Crippen LogP contribution in [0.5, 0.6) is 0 Å². The van der Waals surface area contributed by atoms with Crippen LogP contribution in [-0.4, -0.2) is 36.2 Å². The summed E-state index contributed by atoms with van der Waals surface area (Å²) in [4.78, 5) is 0. The molecule has 0 amide bonds. The standard InChI is InChI=1S/C23H32O4SSi/c1-6-20(17-18-26-28(5,24)25)19-27-29(23(2,3)4,21-13-9-7-10-14-21)22-15-11-8-12-16-22/h6-16,20H,1,17-19H2,2-5H3. The molecule has 0 fully saturated rings. The molecule has 0 N–H and O–H groups in total. The Balaban J connectivity index is 2.36.